The fourth-order valence-electron chi connectivity index (χ4n) is 3.28. The number of aryl methyl sites for hydroxylation is 1. The smallest absolute Gasteiger partial charge is 0.0257 e. The molecule has 3 rings (SSSR count). The summed E-state index contributed by atoms with van der Waals surface area (Å²) in [6.07, 6.45) is 2.41. The number of alkyl halides is 1. The molecule has 1 fully saturated rings. The summed E-state index contributed by atoms with van der Waals surface area (Å²) in [6, 6.07) is 19.7. The van der Waals surface area contributed by atoms with E-state index in [2.05, 4.69) is 61.5 Å². The molecular formula is C19H21Cl. The van der Waals surface area contributed by atoms with Gasteiger partial charge in [0, 0.05) is 5.88 Å². The topological polar surface area (TPSA) is 0 Å². The molecular weight excluding hydrogens is 264 g/mol. The van der Waals surface area contributed by atoms with Crippen LogP contribution in [0.5, 0.6) is 0 Å². The van der Waals surface area contributed by atoms with E-state index in [0.717, 1.165) is 24.1 Å². The molecule has 1 heteroatoms. The fourth-order valence-corrected chi connectivity index (χ4v) is 3.62. The Morgan fingerprint density at radius 2 is 1.90 bits per heavy atom. The van der Waals surface area contributed by atoms with Crippen LogP contribution in [-0.4, -0.2) is 5.88 Å². The van der Waals surface area contributed by atoms with E-state index in [-0.39, 0.29) is 0 Å². The Kier molecular flexibility index (Phi) is 4.12. The zero-order valence-corrected chi connectivity index (χ0v) is 12.7. The van der Waals surface area contributed by atoms with Crippen molar-refractivity contribution in [3.8, 4) is 0 Å². The first kappa shape index (κ1) is 13.7. The van der Waals surface area contributed by atoms with Gasteiger partial charge in [-0.25, -0.2) is 0 Å². The van der Waals surface area contributed by atoms with Crippen LogP contribution >= 0.6 is 11.6 Å². The van der Waals surface area contributed by atoms with Crippen molar-refractivity contribution in [1.29, 1.82) is 0 Å². The number of hydrogen-bond donors (Lipinski definition) is 0. The average molecular weight is 285 g/mol. The van der Waals surface area contributed by atoms with E-state index in [0.29, 0.717) is 5.92 Å². The summed E-state index contributed by atoms with van der Waals surface area (Å²) in [4.78, 5) is 0. The molecule has 1 aliphatic carbocycles. The monoisotopic (exact) mass is 284 g/mol. The Labute approximate surface area is 126 Å². The van der Waals surface area contributed by atoms with Crippen LogP contribution in [0.3, 0.4) is 0 Å². The van der Waals surface area contributed by atoms with Crippen LogP contribution in [0, 0.1) is 18.8 Å². The summed E-state index contributed by atoms with van der Waals surface area (Å²) >= 11 is 6.25. The van der Waals surface area contributed by atoms with E-state index in [1.54, 1.807) is 0 Å². The van der Waals surface area contributed by atoms with Crippen LogP contribution in [0.4, 0.5) is 0 Å². The molecule has 3 unspecified atom stereocenters. The van der Waals surface area contributed by atoms with E-state index >= 15 is 0 Å². The standard InChI is InChI=1S/C19H21Cl/c1-14-6-5-7-15(10-14)11-17(13-20)19-12-18(19)16-8-3-2-4-9-16/h2-10,17-19H,11-13H2,1H3. The molecule has 0 radical (unpaired) electrons. The van der Waals surface area contributed by atoms with Crippen molar-refractivity contribution in [3.63, 3.8) is 0 Å². The van der Waals surface area contributed by atoms with Gasteiger partial charge >= 0.3 is 0 Å². The maximum absolute atomic E-state index is 6.25. The number of benzene rings is 2. The van der Waals surface area contributed by atoms with Crippen LogP contribution in [0.15, 0.2) is 54.6 Å². The van der Waals surface area contributed by atoms with Crippen molar-refractivity contribution in [2.45, 2.75) is 25.7 Å². The van der Waals surface area contributed by atoms with Crippen molar-refractivity contribution in [3.05, 3.63) is 71.3 Å². The zero-order valence-electron chi connectivity index (χ0n) is 11.9. The Morgan fingerprint density at radius 1 is 1.10 bits per heavy atom. The highest BCUT2D eigenvalue weighted by molar-refractivity contribution is 6.18. The van der Waals surface area contributed by atoms with Gasteiger partial charge in [-0.1, -0.05) is 60.2 Å². The van der Waals surface area contributed by atoms with Gasteiger partial charge in [0.15, 0.2) is 0 Å². The van der Waals surface area contributed by atoms with Crippen molar-refractivity contribution in [2.75, 3.05) is 5.88 Å². The number of hydrogen-bond acceptors (Lipinski definition) is 0. The second-order valence-electron chi connectivity index (χ2n) is 6.02. The van der Waals surface area contributed by atoms with Crippen molar-refractivity contribution in [2.24, 2.45) is 11.8 Å². The minimum Gasteiger partial charge on any atom is -0.126 e. The van der Waals surface area contributed by atoms with Crippen LogP contribution in [0.1, 0.15) is 29.0 Å². The molecule has 0 aliphatic heterocycles. The van der Waals surface area contributed by atoms with Crippen LogP contribution in [0.25, 0.3) is 0 Å². The lowest BCUT2D eigenvalue weighted by atomic mass is 9.93. The Balaban J connectivity index is 1.67. The molecule has 3 atom stereocenters. The molecule has 0 saturated heterocycles. The number of halogens is 1. The van der Waals surface area contributed by atoms with Gasteiger partial charge in [-0.15, -0.1) is 11.6 Å². The minimum atomic E-state index is 0.601. The Hall–Kier alpha value is -1.27. The van der Waals surface area contributed by atoms with E-state index in [4.69, 9.17) is 11.6 Å². The Bertz CT molecular complexity index is 561. The third-order valence-corrected chi connectivity index (χ3v) is 4.85. The lowest BCUT2D eigenvalue weighted by molar-refractivity contribution is 0.501. The van der Waals surface area contributed by atoms with Crippen LogP contribution < -0.4 is 0 Å². The lowest BCUT2D eigenvalue weighted by Gasteiger charge is -2.14. The molecule has 0 aromatic heterocycles. The van der Waals surface area contributed by atoms with E-state index in [1.807, 2.05) is 0 Å². The van der Waals surface area contributed by atoms with Crippen molar-refractivity contribution in [1.82, 2.24) is 0 Å². The van der Waals surface area contributed by atoms with E-state index in [1.165, 1.54) is 23.1 Å². The van der Waals surface area contributed by atoms with Crippen LogP contribution in [-0.2, 0) is 6.42 Å². The highest BCUT2D eigenvalue weighted by atomic mass is 35.5. The maximum atomic E-state index is 6.25. The summed E-state index contributed by atoms with van der Waals surface area (Å²) in [7, 11) is 0. The minimum absolute atomic E-state index is 0.601. The normalized spacial score (nSPS) is 22.5. The van der Waals surface area contributed by atoms with Gasteiger partial charge in [0.05, 0.1) is 0 Å². The lowest BCUT2D eigenvalue weighted by Crippen LogP contribution is -2.10. The first-order valence-corrected chi connectivity index (χ1v) is 7.98. The van der Waals surface area contributed by atoms with Crippen molar-refractivity contribution < 1.29 is 0 Å². The molecule has 0 N–H and O–H groups in total. The maximum Gasteiger partial charge on any atom is 0.0257 e. The van der Waals surface area contributed by atoms with Gasteiger partial charge in [-0.05, 0) is 48.6 Å². The molecule has 0 spiro atoms. The number of rotatable bonds is 5. The summed E-state index contributed by atoms with van der Waals surface area (Å²) in [5.41, 5.74) is 4.25. The molecule has 104 valence electrons. The molecule has 20 heavy (non-hydrogen) atoms. The first-order valence-electron chi connectivity index (χ1n) is 7.44. The third-order valence-electron chi connectivity index (χ3n) is 4.45. The summed E-state index contributed by atoms with van der Waals surface area (Å²) in [5, 5.41) is 0. The molecule has 1 saturated carbocycles. The fraction of sp³-hybridized carbons (Fsp3) is 0.368. The average Bonchev–Trinajstić information content (AvgIpc) is 3.26. The van der Waals surface area contributed by atoms with E-state index in [9.17, 15) is 0 Å². The molecule has 0 amide bonds. The van der Waals surface area contributed by atoms with Crippen molar-refractivity contribution >= 4 is 11.6 Å². The molecule has 0 heterocycles. The van der Waals surface area contributed by atoms with Gasteiger partial charge in [0.25, 0.3) is 0 Å². The zero-order chi connectivity index (χ0) is 13.9. The van der Waals surface area contributed by atoms with Gasteiger partial charge in [0.2, 0.25) is 0 Å². The predicted molar refractivity (Wildman–Crippen MR) is 86.4 cm³/mol. The first-order chi connectivity index (χ1) is 9.78. The second-order valence-corrected chi connectivity index (χ2v) is 6.33. The molecule has 0 nitrogen and oxygen atoms in total. The summed E-state index contributed by atoms with van der Waals surface area (Å²) in [5.74, 6) is 2.85. The van der Waals surface area contributed by atoms with Gasteiger partial charge in [0.1, 0.15) is 0 Å². The molecule has 0 bridgehead atoms. The largest absolute Gasteiger partial charge is 0.126 e. The summed E-state index contributed by atoms with van der Waals surface area (Å²) < 4.78 is 0. The second kappa shape index (κ2) is 6.01. The highest BCUT2D eigenvalue weighted by Crippen LogP contribution is 2.52. The molecule has 1 aliphatic rings. The van der Waals surface area contributed by atoms with Gasteiger partial charge in [-0.2, -0.15) is 0 Å². The van der Waals surface area contributed by atoms with E-state index < -0.39 is 0 Å². The van der Waals surface area contributed by atoms with Gasteiger partial charge < -0.3 is 0 Å². The van der Waals surface area contributed by atoms with Gasteiger partial charge in [-0.3, -0.25) is 0 Å². The summed E-state index contributed by atoms with van der Waals surface area (Å²) in [6.45, 7) is 2.16. The highest BCUT2D eigenvalue weighted by Gasteiger charge is 2.43. The van der Waals surface area contributed by atoms with Crippen LogP contribution in [0.2, 0.25) is 0 Å². The molecule has 2 aromatic carbocycles. The quantitative estimate of drug-likeness (QED) is 0.662. The third kappa shape index (κ3) is 3.07. The Morgan fingerprint density at radius 3 is 2.60 bits per heavy atom. The predicted octanol–water partition coefficient (Wildman–Crippen LogP) is 5.20. The SMILES string of the molecule is Cc1cccc(CC(CCl)C2CC2c2ccccc2)c1. The molecule has 2 aromatic rings.